The molecular formula is C20H20ClN5O5S. The number of nitrogens with zero attached hydrogens (tertiary/aromatic N) is 3. The summed E-state index contributed by atoms with van der Waals surface area (Å²) in [6, 6.07) is 5.92. The Bertz CT molecular complexity index is 1180. The quantitative estimate of drug-likeness (QED) is 0.363. The van der Waals surface area contributed by atoms with E-state index in [1.807, 2.05) is 30.1 Å². The third-order valence-corrected chi connectivity index (χ3v) is 6.00. The fourth-order valence-electron chi connectivity index (χ4n) is 2.99. The van der Waals surface area contributed by atoms with Gasteiger partial charge < -0.3 is 26.2 Å². The number of nitrogens with two attached hydrogens (primary N) is 1. The lowest BCUT2D eigenvalue weighted by molar-refractivity contribution is -0.140. The zero-order chi connectivity index (χ0) is 23.4. The molecule has 0 aliphatic carbocycles. The summed E-state index contributed by atoms with van der Waals surface area (Å²) in [5, 5.41) is 22.3. The molecule has 0 fully saturated rings. The van der Waals surface area contributed by atoms with E-state index in [0.29, 0.717) is 27.9 Å². The topological polar surface area (TPSA) is 159 Å². The smallest absolute Gasteiger partial charge is 0.326 e. The first kappa shape index (κ1) is 23.2. The van der Waals surface area contributed by atoms with Gasteiger partial charge >= 0.3 is 11.9 Å². The highest BCUT2D eigenvalue weighted by atomic mass is 35.5. The van der Waals surface area contributed by atoms with Gasteiger partial charge in [-0.1, -0.05) is 29.0 Å². The number of hydrogen-bond donors (Lipinski definition) is 4. The average molecular weight is 478 g/mol. The number of fused-ring (bicyclic) bond motifs is 1. The number of aliphatic carboxylic acids is 2. The van der Waals surface area contributed by atoms with E-state index in [4.69, 9.17) is 22.4 Å². The Balaban J connectivity index is 1.69. The van der Waals surface area contributed by atoms with Crippen molar-refractivity contribution in [3.05, 3.63) is 46.1 Å². The van der Waals surface area contributed by atoms with E-state index in [2.05, 4.69) is 15.3 Å². The molecule has 2 aromatic heterocycles. The predicted molar refractivity (Wildman–Crippen MR) is 121 cm³/mol. The van der Waals surface area contributed by atoms with Crippen LogP contribution in [0, 0.1) is 0 Å². The van der Waals surface area contributed by atoms with Gasteiger partial charge in [-0.2, -0.15) is 0 Å². The number of thiazole rings is 1. The number of nitrogens with one attached hydrogen (secondary N) is 1. The van der Waals surface area contributed by atoms with Gasteiger partial charge in [0.15, 0.2) is 5.01 Å². The highest BCUT2D eigenvalue weighted by Gasteiger charge is 2.23. The van der Waals surface area contributed by atoms with Crippen LogP contribution in [0.1, 0.15) is 28.2 Å². The Morgan fingerprint density at radius 2 is 2.03 bits per heavy atom. The zero-order valence-corrected chi connectivity index (χ0v) is 18.5. The fraction of sp³-hybridized carbons (Fsp3) is 0.250. The molecule has 0 saturated carbocycles. The molecule has 0 saturated heterocycles. The van der Waals surface area contributed by atoms with Crippen LogP contribution in [0.4, 0.5) is 10.8 Å². The number of nitrogen functional groups attached to an aromatic ring is 1. The monoisotopic (exact) mass is 477 g/mol. The standard InChI is InChI=1S/C20H20ClN5O5S/c1-26(9-10-2-3-13-11(6-10)12(21)7-15(22)24-13)16-8-23-19(32-16)18(29)25-14(20(30)31)4-5-17(27)28/h2-3,6-8,14H,4-5,9H2,1H3,(H2,22,24)(H,25,29)(H,27,28)(H,30,31)/t14-/m0/s1. The van der Waals surface area contributed by atoms with Crippen molar-refractivity contribution in [2.75, 3.05) is 17.7 Å². The Hall–Kier alpha value is -3.44. The molecular weight excluding hydrogens is 458 g/mol. The molecule has 3 rings (SSSR count). The molecule has 32 heavy (non-hydrogen) atoms. The van der Waals surface area contributed by atoms with Crippen LogP contribution in [0.2, 0.25) is 5.02 Å². The minimum Gasteiger partial charge on any atom is -0.481 e. The maximum atomic E-state index is 12.4. The number of rotatable bonds is 9. The van der Waals surface area contributed by atoms with Gasteiger partial charge in [0.1, 0.15) is 16.9 Å². The van der Waals surface area contributed by atoms with Gasteiger partial charge in [0, 0.05) is 25.4 Å². The molecule has 5 N–H and O–H groups in total. The van der Waals surface area contributed by atoms with Crippen molar-refractivity contribution < 1.29 is 24.6 Å². The first-order valence-electron chi connectivity index (χ1n) is 9.41. The van der Waals surface area contributed by atoms with Crippen LogP contribution in [0.25, 0.3) is 10.9 Å². The molecule has 12 heteroatoms. The SMILES string of the molecule is CN(Cc1ccc2nc(N)cc(Cl)c2c1)c1cnc(C(=O)N[C@@H](CCC(=O)O)C(=O)O)s1. The number of carboxylic acids is 2. The van der Waals surface area contributed by atoms with Crippen LogP contribution >= 0.6 is 22.9 Å². The lowest BCUT2D eigenvalue weighted by Crippen LogP contribution is -2.41. The molecule has 1 aromatic carbocycles. The average Bonchev–Trinajstić information content (AvgIpc) is 3.21. The molecule has 0 aliphatic rings. The molecule has 0 unspecified atom stereocenters. The lowest BCUT2D eigenvalue weighted by Gasteiger charge is -2.17. The molecule has 168 valence electrons. The van der Waals surface area contributed by atoms with Gasteiger partial charge in [-0.15, -0.1) is 0 Å². The number of amides is 1. The molecule has 0 radical (unpaired) electrons. The number of halogens is 1. The summed E-state index contributed by atoms with van der Waals surface area (Å²) >= 11 is 7.36. The van der Waals surface area contributed by atoms with Crippen LogP contribution in [0.15, 0.2) is 30.5 Å². The minimum absolute atomic E-state index is 0.0784. The van der Waals surface area contributed by atoms with Gasteiger partial charge in [0.25, 0.3) is 5.91 Å². The van der Waals surface area contributed by atoms with E-state index in [9.17, 15) is 19.5 Å². The van der Waals surface area contributed by atoms with E-state index < -0.39 is 23.9 Å². The Labute approximate surface area is 191 Å². The molecule has 0 aliphatic heterocycles. The van der Waals surface area contributed by atoms with Gasteiger partial charge in [0.2, 0.25) is 0 Å². The van der Waals surface area contributed by atoms with E-state index >= 15 is 0 Å². The normalized spacial score (nSPS) is 11.8. The number of anilines is 2. The predicted octanol–water partition coefficient (Wildman–Crippen LogP) is 2.61. The molecule has 0 bridgehead atoms. The summed E-state index contributed by atoms with van der Waals surface area (Å²) in [7, 11) is 1.83. The van der Waals surface area contributed by atoms with Crippen molar-refractivity contribution in [2.24, 2.45) is 0 Å². The van der Waals surface area contributed by atoms with Crippen LogP contribution < -0.4 is 16.0 Å². The Morgan fingerprint density at radius 3 is 2.72 bits per heavy atom. The number of hydrogen-bond acceptors (Lipinski definition) is 8. The highest BCUT2D eigenvalue weighted by molar-refractivity contribution is 7.17. The van der Waals surface area contributed by atoms with Gasteiger partial charge in [-0.05, 0) is 30.2 Å². The summed E-state index contributed by atoms with van der Waals surface area (Å²) in [6.07, 6.45) is 0.920. The number of pyridine rings is 1. The summed E-state index contributed by atoms with van der Waals surface area (Å²) in [6.45, 7) is 0.496. The highest BCUT2D eigenvalue weighted by Crippen LogP contribution is 2.28. The van der Waals surface area contributed by atoms with Crippen molar-refractivity contribution in [1.82, 2.24) is 15.3 Å². The van der Waals surface area contributed by atoms with Gasteiger partial charge in [0.05, 0.1) is 16.7 Å². The van der Waals surface area contributed by atoms with Crippen molar-refractivity contribution in [2.45, 2.75) is 25.4 Å². The zero-order valence-electron chi connectivity index (χ0n) is 16.9. The van der Waals surface area contributed by atoms with Crippen LogP contribution in [0.3, 0.4) is 0 Å². The second kappa shape index (κ2) is 9.79. The second-order valence-corrected chi connectivity index (χ2v) is 8.45. The first-order chi connectivity index (χ1) is 15.1. The second-order valence-electron chi connectivity index (χ2n) is 7.04. The summed E-state index contributed by atoms with van der Waals surface area (Å²) in [5.41, 5.74) is 7.36. The number of carbonyl (C=O) groups is 3. The Kier molecular flexibility index (Phi) is 7.11. The summed E-state index contributed by atoms with van der Waals surface area (Å²) in [4.78, 5) is 44.5. The molecule has 10 nitrogen and oxygen atoms in total. The first-order valence-corrected chi connectivity index (χ1v) is 10.6. The third kappa shape index (κ3) is 5.62. The van der Waals surface area contributed by atoms with Crippen LogP contribution in [0.5, 0.6) is 0 Å². The third-order valence-electron chi connectivity index (χ3n) is 4.58. The van der Waals surface area contributed by atoms with Gasteiger partial charge in [-0.25, -0.2) is 14.8 Å². The van der Waals surface area contributed by atoms with Crippen molar-refractivity contribution in [1.29, 1.82) is 0 Å². The van der Waals surface area contributed by atoms with Crippen LogP contribution in [-0.2, 0) is 16.1 Å². The lowest BCUT2D eigenvalue weighted by atomic mass is 10.1. The number of aromatic nitrogens is 2. The fourth-order valence-corrected chi connectivity index (χ4v) is 4.04. The number of carbonyl (C=O) groups excluding carboxylic acids is 1. The molecule has 1 amide bonds. The van der Waals surface area contributed by atoms with E-state index in [1.54, 1.807) is 6.07 Å². The summed E-state index contributed by atoms with van der Waals surface area (Å²) in [5.74, 6) is -2.78. The Morgan fingerprint density at radius 1 is 1.28 bits per heavy atom. The minimum atomic E-state index is -1.31. The van der Waals surface area contributed by atoms with E-state index in [1.165, 1.54) is 6.20 Å². The molecule has 3 aromatic rings. The molecule has 2 heterocycles. The summed E-state index contributed by atoms with van der Waals surface area (Å²) < 4.78 is 0. The van der Waals surface area contributed by atoms with E-state index in [0.717, 1.165) is 22.3 Å². The van der Waals surface area contributed by atoms with Gasteiger partial charge in [-0.3, -0.25) is 9.59 Å². The largest absolute Gasteiger partial charge is 0.481 e. The van der Waals surface area contributed by atoms with Crippen LogP contribution in [-0.4, -0.2) is 51.1 Å². The van der Waals surface area contributed by atoms with Crippen molar-refractivity contribution >= 4 is 62.5 Å². The van der Waals surface area contributed by atoms with Crippen molar-refractivity contribution in [3.8, 4) is 0 Å². The van der Waals surface area contributed by atoms with E-state index in [-0.39, 0.29) is 17.8 Å². The number of carboxylic acid groups (broad SMARTS) is 2. The molecule has 0 spiro atoms. The maximum Gasteiger partial charge on any atom is 0.326 e. The molecule has 1 atom stereocenters. The number of benzene rings is 1. The van der Waals surface area contributed by atoms with Crippen molar-refractivity contribution in [3.63, 3.8) is 0 Å². The maximum absolute atomic E-state index is 12.4.